The van der Waals surface area contributed by atoms with Crippen molar-refractivity contribution in [2.45, 2.75) is 19.8 Å². The Morgan fingerprint density at radius 3 is 2.19 bits per heavy atom. The van der Waals surface area contributed by atoms with Crippen LogP contribution in [0, 0.1) is 5.92 Å². The van der Waals surface area contributed by atoms with E-state index in [-0.39, 0.29) is 11.8 Å². The Morgan fingerprint density at radius 2 is 1.67 bits per heavy atom. The zero-order chi connectivity index (χ0) is 14.8. The van der Waals surface area contributed by atoms with E-state index in [0.29, 0.717) is 6.54 Å². The van der Waals surface area contributed by atoms with Crippen molar-refractivity contribution in [3.63, 3.8) is 0 Å². The van der Waals surface area contributed by atoms with Crippen molar-refractivity contribution in [1.29, 1.82) is 0 Å². The Balaban J connectivity index is 1.80. The average Bonchev–Trinajstić information content (AvgIpc) is 2.93. The molecule has 0 saturated heterocycles. The number of fused-ring (bicyclic) bond motifs is 1. The van der Waals surface area contributed by atoms with Crippen LogP contribution in [0.2, 0.25) is 0 Å². The maximum absolute atomic E-state index is 12.8. The molecule has 0 aliphatic heterocycles. The third-order valence-corrected chi connectivity index (χ3v) is 4.19. The number of anilines is 2. The molecule has 21 heavy (non-hydrogen) atoms. The SMILES string of the molecule is CCN(C(=O)C1Cc2ccccc2C1)c1ccc(N)cc1. The van der Waals surface area contributed by atoms with E-state index in [4.69, 9.17) is 5.73 Å². The number of carbonyl (C=O) groups excluding carboxylic acids is 1. The lowest BCUT2D eigenvalue weighted by molar-refractivity contribution is -0.122. The molecular weight excluding hydrogens is 260 g/mol. The molecular formula is C18H20N2O. The van der Waals surface area contributed by atoms with Crippen LogP contribution < -0.4 is 10.6 Å². The van der Waals surface area contributed by atoms with Crippen molar-refractivity contribution in [2.24, 2.45) is 5.92 Å². The van der Waals surface area contributed by atoms with Crippen LogP contribution in [-0.4, -0.2) is 12.5 Å². The summed E-state index contributed by atoms with van der Waals surface area (Å²) in [5.41, 5.74) is 9.98. The first-order valence-electron chi connectivity index (χ1n) is 7.42. The molecule has 1 aliphatic rings. The Labute approximate surface area is 125 Å². The van der Waals surface area contributed by atoms with Gasteiger partial charge in [0.1, 0.15) is 0 Å². The normalized spacial score (nSPS) is 14.0. The number of amides is 1. The van der Waals surface area contributed by atoms with E-state index < -0.39 is 0 Å². The lowest BCUT2D eigenvalue weighted by Gasteiger charge is -2.24. The van der Waals surface area contributed by atoms with Crippen LogP contribution in [0.5, 0.6) is 0 Å². The summed E-state index contributed by atoms with van der Waals surface area (Å²) in [6.45, 7) is 2.69. The maximum Gasteiger partial charge on any atom is 0.230 e. The van der Waals surface area contributed by atoms with Gasteiger partial charge >= 0.3 is 0 Å². The van der Waals surface area contributed by atoms with E-state index >= 15 is 0 Å². The molecule has 1 amide bonds. The van der Waals surface area contributed by atoms with Gasteiger partial charge in [0.25, 0.3) is 0 Å². The van der Waals surface area contributed by atoms with Gasteiger partial charge in [-0.2, -0.15) is 0 Å². The molecule has 0 spiro atoms. The number of nitrogens with two attached hydrogens (primary N) is 1. The van der Waals surface area contributed by atoms with Gasteiger partial charge in [-0.15, -0.1) is 0 Å². The summed E-state index contributed by atoms with van der Waals surface area (Å²) >= 11 is 0. The number of rotatable bonds is 3. The zero-order valence-electron chi connectivity index (χ0n) is 12.3. The minimum atomic E-state index is 0.0555. The van der Waals surface area contributed by atoms with Crippen molar-refractivity contribution >= 4 is 17.3 Å². The van der Waals surface area contributed by atoms with Gasteiger partial charge in [0.05, 0.1) is 0 Å². The molecule has 0 aromatic heterocycles. The first-order chi connectivity index (χ1) is 10.2. The summed E-state index contributed by atoms with van der Waals surface area (Å²) in [6, 6.07) is 15.9. The minimum Gasteiger partial charge on any atom is -0.399 e. The number of nitrogen functional groups attached to an aromatic ring is 1. The minimum absolute atomic E-state index is 0.0555. The number of carbonyl (C=O) groups is 1. The van der Waals surface area contributed by atoms with Crippen molar-refractivity contribution < 1.29 is 4.79 Å². The Morgan fingerprint density at radius 1 is 1.10 bits per heavy atom. The molecule has 2 aromatic rings. The quantitative estimate of drug-likeness (QED) is 0.878. The predicted octanol–water partition coefficient (Wildman–Crippen LogP) is 3.04. The number of benzene rings is 2. The smallest absolute Gasteiger partial charge is 0.230 e. The fraction of sp³-hybridized carbons (Fsp3) is 0.278. The molecule has 0 unspecified atom stereocenters. The summed E-state index contributed by atoms with van der Waals surface area (Å²) in [5.74, 6) is 0.262. The molecule has 3 heteroatoms. The van der Waals surface area contributed by atoms with Crippen LogP contribution in [0.25, 0.3) is 0 Å². The van der Waals surface area contributed by atoms with Crippen LogP contribution in [0.15, 0.2) is 48.5 Å². The van der Waals surface area contributed by atoms with E-state index in [0.717, 1.165) is 24.2 Å². The third-order valence-electron chi connectivity index (χ3n) is 4.19. The van der Waals surface area contributed by atoms with Crippen LogP contribution >= 0.6 is 0 Å². The van der Waals surface area contributed by atoms with Gasteiger partial charge in [-0.05, 0) is 55.2 Å². The Hall–Kier alpha value is -2.29. The first kappa shape index (κ1) is 13.7. The largest absolute Gasteiger partial charge is 0.399 e. The molecule has 0 heterocycles. The second-order valence-corrected chi connectivity index (χ2v) is 5.55. The van der Waals surface area contributed by atoms with Gasteiger partial charge in [-0.25, -0.2) is 0 Å². The van der Waals surface area contributed by atoms with Gasteiger partial charge in [0.15, 0.2) is 0 Å². The highest BCUT2D eigenvalue weighted by Gasteiger charge is 2.30. The molecule has 108 valence electrons. The van der Waals surface area contributed by atoms with Gasteiger partial charge in [-0.3, -0.25) is 4.79 Å². The third kappa shape index (κ3) is 2.64. The maximum atomic E-state index is 12.8. The fourth-order valence-electron chi connectivity index (χ4n) is 3.07. The first-order valence-corrected chi connectivity index (χ1v) is 7.42. The molecule has 0 bridgehead atoms. The Kier molecular flexibility index (Phi) is 3.65. The van der Waals surface area contributed by atoms with Crippen LogP contribution in [0.3, 0.4) is 0 Å². The predicted molar refractivity (Wildman–Crippen MR) is 86.2 cm³/mol. The van der Waals surface area contributed by atoms with Crippen molar-refractivity contribution in [3.8, 4) is 0 Å². The molecule has 3 rings (SSSR count). The zero-order valence-corrected chi connectivity index (χ0v) is 12.3. The second kappa shape index (κ2) is 5.60. The number of hydrogen-bond donors (Lipinski definition) is 1. The monoisotopic (exact) mass is 280 g/mol. The Bertz CT molecular complexity index is 624. The highest BCUT2D eigenvalue weighted by molar-refractivity contribution is 5.95. The molecule has 0 radical (unpaired) electrons. The van der Waals surface area contributed by atoms with Crippen LogP contribution in [0.4, 0.5) is 11.4 Å². The topological polar surface area (TPSA) is 46.3 Å². The molecule has 2 aromatic carbocycles. The van der Waals surface area contributed by atoms with E-state index in [1.165, 1.54) is 11.1 Å². The summed E-state index contributed by atoms with van der Waals surface area (Å²) in [5, 5.41) is 0. The van der Waals surface area contributed by atoms with E-state index in [1.54, 1.807) is 0 Å². The molecule has 0 atom stereocenters. The highest BCUT2D eigenvalue weighted by Crippen LogP contribution is 2.29. The van der Waals surface area contributed by atoms with Gasteiger partial charge in [0.2, 0.25) is 5.91 Å². The molecule has 1 aliphatic carbocycles. The van der Waals surface area contributed by atoms with Crippen molar-refractivity contribution in [1.82, 2.24) is 0 Å². The van der Waals surface area contributed by atoms with Gasteiger partial charge in [-0.1, -0.05) is 24.3 Å². The van der Waals surface area contributed by atoms with Crippen LogP contribution in [0.1, 0.15) is 18.1 Å². The fourth-order valence-corrected chi connectivity index (χ4v) is 3.07. The van der Waals surface area contributed by atoms with Gasteiger partial charge < -0.3 is 10.6 Å². The molecule has 2 N–H and O–H groups in total. The molecule has 0 fully saturated rings. The molecule has 0 saturated carbocycles. The summed E-state index contributed by atoms with van der Waals surface area (Å²) in [4.78, 5) is 14.7. The van der Waals surface area contributed by atoms with E-state index in [9.17, 15) is 4.79 Å². The lowest BCUT2D eigenvalue weighted by Crippen LogP contribution is -2.36. The summed E-state index contributed by atoms with van der Waals surface area (Å²) in [7, 11) is 0. The van der Waals surface area contributed by atoms with Crippen molar-refractivity contribution in [3.05, 3.63) is 59.7 Å². The number of hydrogen-bond acceptors (Lipinski definition) is 2. The summed E-state index contributed by atoms with van der Waals surface area (Å²) in [6.07, 6.45) is 1.70. The standard InChI is InChI=1S/C18H20N2O/c1-2-20(17-9-7-16(19)8-10-17)18(21)15-11-13-5-3-4-6-14(13)12-15/h3-10,15H,2,11-12,19H2,1H3. The second-order valence-electron chi connectivity index (χ2n) is 5.55. The van der Waals surface area contributed by atoms with E-state index in [1.807, 2.05) is 48.2 Å². The van der Waals surface area contributed by atoms with Crippen LogP contribution in [-0.2, 0) is 17.6 Å². The lowest BCUT2D eigenvalue weighted by atomic mass is 10.0. The number of nitrogens with zero attached hydrogens (tertiary/aromatic N) is 1. The molecule has 3 nitrogen and oxygen atoms in total. The van der Waals surface area contributed by atoms with Gasteiger partial charge in [0, 0.05) is 23.8 Å². The average molecular weight is 280 g/mol. The van der Waals surface area contributed by atoms with Crippen molar-refractivity contribution in [2.75, 3.05) is 17.2 Å². The van der Waals surface area contributed by atoms with E-state index in [2.05, 4.69) is 12.1 Å². The highest BCUT2D eigenvalue weighted by atomic mass is 16.2. The summed E-state index contributed by atoms with van der Waals surface area (Å²) < 4.78 is 0.